The number of pyridine rings is 1. The first kappa shape index (κ1) is 15.4. The van der Waals surface area contributed by atoms with Crippen LogP contribution in [0.4, 0.5) is 4.39 Å². The van der Waals surface area contributed by atoms with Crippen LogP contribution in [0.25, 0.3) is 0 Å². The Bertz CT molecular complexity index is 626. The van der Waals surface area contributed by atoms with Gasteiger partial charge >= 0.3 is 0 Å². The van der Waals surface area contributed by atoms with Gasteiger partial charge in [-0.3, -0.25) is 0 Å². The van der Waals surface area contributed by atoms with Crippen LogP contribution >= 0.6 is 0 Å². The number of nitrogens with zero attached hydrogens (tertiary/aromatic N) is 1. The predicted molar refractivity (Wildman–Crippen MR) is 82.2 cm³/mol. The molecule has 3 nitrogen and oxygen atoms in total. The average Bonchev–Trinajstić information content (AvgIpc) is 2.40. The molecule has 0 unspecified atom stereocenters. The molecule has 1 aromatic carbocycles. The number of rotatable bonds is 5. The zero-order valence-corrected chi connectivity index (χ0v) is 12.9. The second-order valence-corrected chi connectivity index (χ2v) is 5.43. The van der Waals surface area contributed by atoms with Crippen LogP contribution in [0, 0.1) is 19.7 Å². The summed E-state index contributed by atoms with van der Waals surface area (Å²) in [6, 6.07) is 8.72. The Morgan fingerprint density at radius 3 is 2.62 bits per heavy atom. The van der Waals surface area contributed by atoms with Crippen LogP contribution in [0.1, 0.15) is 30.7 Å². The Kier molecular flexibility index (Phi) is 4.91. The van der Waals surface area contributed by atoms with E-state index in [-0.39, 0.29) is 11.6 Å². The van der Waals surface area contributed by atoms with Crippen LogP contribution in [0.15, 0.2) is 30.3 Å². The molecule has 1 aromatic heterocycles. The van der Waals surface area contributed by atoms with Gasteiger partial charge in [-0.2, -0.15) is 0 Å². The molecule has 0 aliphatic rings. The van der Waals surface area contributed by atoms with Crippen molar-refractivity contribution in [3.63, 3.8) is 0 Å². The second-order valence-electron chi connectivity index (χ2n) is 5.43. The maximum Gasteiger partial charge on any atom is 0.224 e. The standard InChI is InChI=1S/C17H21FN2O/c1-11(2)19-10-14-12(3)9-13(4)20-17(14)21-16-8-6-5-7-15(16)18/h5-9,11,19H,10H2,1-4H3. The lowest BCUT2D eigenvalue weighted by Crippen LogP contribution is -2.23. The van der Waals surface area contributed by atoms with Crippen LogP contribution < -0.4 is 10.1 Å². The van der Waals surface area contributed by atoms with Gasteiger partial charge in [-0.25, -0.2) is 9.37 Å². The number of hydrogen-bond donors (Lipinski definition) is 1. The molecule has 4 heteroatoms. The highest BCUT2D eigenvalue weighted by molar-refractivity contribution is 5.39. The van der Waals surface area contributed by atoms with E-state index in [9.17, 15) is 4.39 Å². The molecule has 0 saturated carbocycles. The van der Waals surface area contributed by atoms with E-state index in [0.29, 0.717) is 18.5 Å². The molecule has 0 saturated heterocycles. The lowest BCUT2D eigenvalue weighted by Gasteiger charge is -2.16. The van der Waals surface area contributed by atoms with Crippen molar-refractivity contribution in [2.75, 3.05) is 0 Å². The highest BCUT2D eigenvalue weighted by Gasteiger charge is 2.13. The maximum absolute atomic E-state index is 13.8. The summed E-state index contributed by atoms with van der Waals surface area (Å²) in [5.41, 5.74) is 2.90. The summed E-state index contributed by atoms with van der Waals surface area (Å²) >= 11 is 0. The minimum absolute atomic E-state index is 0.195. The number of aromatic nitrogens is 1. The summed E-state index contributed by atoms with van der Waals surface area (Å²) in [4.78, 5) is 4.42. The third-order valence-electron chi connectivity index (χ3n) is 3.17. The smallest absolute Gasteiger partial charge is 0.224 e. The molecule has 0 aliphatic heterocycles. The quantitative estimate of drug-likeness (QED) is 0.898. The molecule has 21 heavy (non-hydrogen) atoms. The van der Waals surface area contributed by atoms with Crippen LogP contribution in [0.5, 0.6) is 11.6 Å². The number of para-hydroxylation sites is 1. The number of nitrogens with one attached hydrogen (secondary N) is 1. The van der Waals surface area contributed by atoms with E-state index in [1.54, 1.807) is 18.2 Å². The van der Waals surface area contributed by atoms with E-state index in [1.807, 2.05) is 19.9 Å². The molecular weight excluding hydrogens is 267 g/mol. The zero-order valence-electron chi connectivity index (χ0n) is 12.9. The molecule has 1 N–H and O–H groups in total. The number of ether oxygens (including phenoxy) is 1. The molecule has 0 fully saturated rings. The molecular formula is C17H21FN2O. The van der Waals surface area contributed by atoms with Gasteiger partial charge in [0.2, 0.25) is 5.88 Å². The van der Waals surface area contributed by atoms with Crippen LogP contribution in [-0.4, -0.2) is 11.0 Å². The Morgan fingerprint density at radius 2 is 1.95 bits per heavy atom. The summed E-state index contributed by atoms with van der Waals surface area (Å²) in [5.74, 6) is 0.271. The minimum atomic E-state index is -0.388. The van der Waals surface area contributed by atoms with Crippen LogP contribution in [0.2, 0.25) is 0 Å². The van der Waals surface area contributed by atoms with Gasteiger partial charge in [0.15, 0.2) is 11.6 Å². The highest BCUT2D eigenvalue weighted by atomic mass is 19.1. The molecule has 1 heterocycles. The SMILES string of the molecule is Cc1cc(C)c(CNC(C)C)c(Oc2ccccc2F)n1. The van der Waals surface area contributed by atoms with E-state index < -0.39 is 0 Å². The number of hydrogen-bond acceptors (Lipinski definition) is 3. The molecule has 0 amide bonds. The molecule has 0 spiro atoms. The summed E-state index contributed by atoms with van der Waals surface area (Å²) in [6.07, 6.45) is 0. The van der Waals surface area contributed by atoms with E-state index >= 15 is 0 Å². The van der Waals surface area contributed by atoms with Crippen molar-refractivity contribution < 1.29 is 9.13 Å². The van der Waals surface area contributed by atoms with Crippen molar-refractivity contribution in [3.8, 4) is 11.6 Å². The fraction of sp³-hybridized carbons (Fsp3) is 0.353. The van der Waals surface area contributed by atoms with Gasteiger partial charge < -0.3 is 10.1 Å². The zero-order chi connectivity index (χ0) is 15.4. The summed E-state index contributed by atoms with van der Waals surface area (Å²) < 4.78 is 19.5. The molecule has 0 radical (unpaired) electrons. The van der Waals surface area contributed by atoms with E-state index in [4.69, 9.17) is 4.74 Å². The van der Waals surface area contributed by atoms with Crippen LogP contribution in [-0.2, 0) is 6.54 Å². The highest BCUT2D eigenvalue weighted by Crippen LogP contribution is 2.28. The number of benzene rings is 1. The molecule has 2 aromatic rings. The molecule has 0 aliphatic carbocycles. The van der Waals surface area contributed by atoms with Gasteiger partial charge in [0.1, 0.15) is 0 Å². The van der Waals surface area contributed by atoms with Crippen molar-refractivity contribution in [2.24, 2.45) is 0 Å². The van der Waals surface area contributed by atoms with Crippen LogP contribution in [0.3, 0.4) is 0 Å². The summed E-state index contributed by atoms with van der Waals surface area (Å²) in [5, 5.41) is 3.35. The van der Waals surface area contributed by atoms with Crippen molar-refractivity contribution >= 4 is 0 Å². The third kappa shape index (κ3) is 4.02. The van der Waals surface area contributed by atoms with Crippen molar-refractivity contribution in [1.29, 1.82) is 0 Å². The molecule has 0 bridgehead atoms. The topological polar surface area (TPSA) is 34.1 Å². The van der Waals surface area contributed by atoms with Gasteiger partial charge in [-0.05, 0) is 37.6 Å². The number of aryl methyl sites for hydroxylation is 2. The number of halogens is 1. The van der Waals surface area contributed by atoms with Crippen molar-refractivity contribution in [2.45, 2.75) is 40.3 Å². The lowest BCUT2D eigenvalue weighted by molar-refractivity contribution is 0.417. The minimum Gasteiger partial charge on any atom is -0.436 e. The molecule has 0 atom stereocenters. The summed E-state index contributed by atoms with van der Waals surface area (Å²) in [7, 11) is 0. The van der Waals surface area contributed by atoms with Gasteiger partial charge in [0.25, 0.3) is 0 Å². The first-order chi connectivity index (χ1) is 9.97. The van der Waals surface area contributed by atoms with Gasteiger partial charge in [0.05, 0.1) is 0 Å². The Balaban J connectivity index is 2.35. The van der Waals surface area contributed by atoms with Gasteiger partial charge in [0, 0.05) is 23.8 Å². The van der Waals surface area contributed by atoms with Gasteiger partial charge in [-0.15, -0.1) is 0 Å². The largest absolute Gasteiger partial charge is 0.436 e. The van der Waals surface area contributed by atoms with E-state index in [2.05, 4.69) is 24.1 Å². The fourth-order valence-electron chi connectivity index (χ4n) is 2.07. The first-order valence-corrected chi connectivity index (χ1v) is 7.10. The van der Waals surface area contributed by atoms with E-state index in [1.165, 1.54) is 6.07 Å². The fourth-order valence-corrected chi connectivity index (χ4v) is 2.07. The second kappa shape index (κ2) is 6.68. The summed E-state index contributed by atoms with van der Waals surface area (Å²) in [6.45, 7) is 8.71. The molecule has 2 rings (SSSR count). The Labute approximate surface area is 125 Å². The normalized spacial score (nSPS) is 11.0. The predicted octanol–water partition coefficient (Wildman–Crippen LogP) is 4.13. The maximum atomic E-state index is 13.8. The average molecular weight is 288 g/mol. The third-order valence-corrected chi connectivity index (χ3v) is 3.17. The van der Waals surface area contributed by atoms with E-state index in [0.717, 1.165) is 16.8 Å². The monoisotopic (exact) mass is 288 g/mol. The first-order valence-electron chi connectivity index (χ1n) is 7.10. The van der Waals surface area contributed by atoms with Gasteiger partial charge in [-0.1, -0.05) is 26.0 Å². The Morgan fingerprint density at radius 1 is 1.24 bits per heavy atom. The van der Waals surface area contributed by atoms with Crippen molar-refractivity contribution in [3.05, 3.63) is 53.0 Å². The van der Waals surface area contributed by atoms with Crippen molar-refractivity contribution in [1.82, 2.24) is 10.3 Å². The molecule has 112 valence electrons. The lowest BCUT2D eigenvalue weighted by atomic mass is 10.1. The Hall–Kier alpha value is -1.94.